The van der Waals surface area contributed by atoms with Crippen LogP contribution in [0, 0.1) is 0 Å². The van der Waals surface area contributed by atoms with Gasteiger partial charge in [0.2, 0.25) is 0 Å². The van der Waals surface area contributed by atoms with Gasteiger partial charge < -0.3 is 5.11 Å². The van der Waals surface area contributed by atoms with Gasteiger partial charge in [0.05, 0.1) is 6.04 Å². The molecule has 0 bridgehead atoms. The molecule has 0 saturated carbocycles. The van der Waals surface area contributed by atoms with E-state index in [1.165, 1.54) is 4.90 Å². The molecular formula is C22H15Cl2NO3. The molecule has 4 rings (SSSR count). The summed E-state index contributed by atoms with van der Waals surface area (Å²) in [6.07, 6.45) is 0. The number of rotatable bonds is 3. The summed E-state index contributed by atoms with van der Waals surface area (Å²) in [4.78, 5) is 27.2. The van der Waals surface area contributed by atoms with E-state index in [0.29, 0.717) is 32.4 Å². The van der Waals surface area contributed by atoms with Gasteiger partial charge in [0.1, 0.15) is 5.92 Å². The van der Waals surface area contributed by atoms with Crippen molar-refractivity contribution >= 4 is 40.8 Å². The number of fused-ring (bicyclic) bond motifs is 1. The number of carbonyl (C=O) groups excluding carboxylic acids is 1. The van der Waals surface area contributed by atoms with Crippen molar-refractivity contribution in [1.29, 1.82) is 0 Å². The lowest BCUT2D eigenvalue weighted by Crippen LogP contribution is -2.45. The van der Waals surface area contributed by atoms with Gasteiger partial charge in [-0.05, 0) is 53.6 Å². The van der Waals surface area contributed by atoms with Crippen molar-refractivity contribution in [1.82, 2.24) is 0 Å². The molecule has 3 aromatic carbocycles. The molecule has 0 saturated heterocycles. The third-order valence-corrected chi connectivity index (χ3v) is 5.43. The normalized spacial score (nSPS) is 18.6. The largest absolute Gasteiger partial charge is 0.481 e. The van der Waals surface area contributed by atoms with E-state index in [4.69, 9.17) is 23.2 Å². The van der Waals surface area contributed by atoms with E-state index in [9.17, 15) is 14.7 Å². The minimum atomic E-state index is -1.00. The Kier molecular flexibility index (Phi) is 4.84. The molecule has 140 valence electrons. The lowest BCUT2D eigenvalue weighted by atomic mass is 9.79. The minimum absolute atomic E-state index is 0.254. The van der Waals surface area contributed by atoms with Crippen molar-refractivity contribution in [3.05, 3.63) is 99.5 Å². The van der Waals surface area contributed by atoms with Crippen LogP contribution in [0.25, 0.3) is 0 Å². The van der Waals surface area contributed by atoms with Crippen LogP contribution in [0.3, 0.4) is 0 Å². The third kappa shape index (κ3) is 3.15. The SMILES string of the molecule is O=C(O)[C@H]1c2ccccc2C(=O)N(c2ccc(Cl)cc2)[C@@H]1c1ccc(Cl)cc1. The van der Waals surface area contributed by atoms with Crippen LogP contribution >= 0.6 is 23.2 Å². The Hall–Kier alpha value is -2.82. The van der Waals surface area contributed by atoms with Gasteiger partial charge in [0, 0.05) is 21.3 Å². The van der Waals surface area contributed by atoms with Crippen LogP contribution in [-0.2, 0) is 4.79 Å². The predicted molar refractivity (Wildman–Crippen MR) is 109 cm³/mol. The Balaban J connectivity index is 1.97. The molecule has 1 aliphatic heterocycles. The van der Waals surface area contributed by atoms with Gasteiger partial charge in [-0.25, -0.2) is 0 Å². The number of hydrogen-bond acceptors (Lipinski definition) is 2. The molecular weight excluding hydrogens is 397 g/mol. The molecule has 2 atom stereocenters. The Morgan fingerprint density at radius 1 is 0.857 bits per heavy atom. The zero-order chi connectivity index (χ0) is 19.8. The summed E-state index contributed by atoms with van der Waals surface area (Å²) in [5, 5.41) is 11.2. The van der Waals surface area contributed by atoms with Gasteiger partial charge in [-0.15, -0.1) is 0 Å². The summed E-state index contributed by atoms with van der Waals surface area (Å²) in [6.45, 7) is 0. The van der Waals surface area contributed by atoms with Gasteiger partial charge >= 0.3 is 5.97 Å². The second-order valence-electron chi connectivity index (χ2n) is 6.55. The minimum Gasteiger partial charge on any atom is -0.481 e. The van der Waals surface area contributed by atoms with E-state index < -0.39 is 17.9 Å². The second kappa shape index (κ2) is 7.30. The number of aliphatic carboxylic acids is 1. The van der Waals surface area contributed by atoms with E-state index in [-0.39, 0.29) is 5.91 Å². The lowest BCUT2D eigenvalue weighted by Gasteiger charge is -2.40. The third-order valence-electron chi connectivity index (χ3n) is 4.92. The van der Waals surface area contributed by atoms with E-state index in [1.54, 1.807) is 72.8 Å². The number of carboxylic acid groups (broad SMARTS) is 1. The molecule has 3 aromatic rings. The average Bonchev–Trinajstić information content (AvgIpc) is 2.69. The Labute approximate surface area is 171 Å². The summed E-state index contributed by atoms with van der Waals surface area (Å²) < 4.78 is 0. The van der Waals surface area contributed by atoms with Crippen molar-refractivity contribution in [2.24, 2.45) is 0 Å². The fourth-order valence-electron chi connectivity index (χ4n) is 3.69. The highest BCUT2D eigenvalue weighted by Gasteiger charge is 2.44. The van der Waals surface area contributed by atoms with Crippen LogP contribution in [0.1, 0.15) is 33.4 Å². The average molecular weight is 412 g/mol. The molecule has 6 heteroatoms. The van der Waals surface area contributed by atoms with Crippen molar-refractivity contribution in [2.45, 2.75) is 12.0 Å². The number of nitrogens with zero attached hydrogens (tertiary/aromatic N) is 1. The maximum Gasteiger partial charge on any atom is 0.313 e. The van der Waals surface area contributed by atoms with Crippen molar-refractivity contribution in [2.75, 3.05) is 4.90 Å². The molecule has 0 spiro atoms. The van der Waals surface area contributed by atoms with E-state index in [1.807, 2.05) is 0 Å². The predicted octanol–water partition coefficient (Wildman–Crippen LogP) is 5.56. The van der Waals surface area contributed by atoms with E-state index in [2.05, 4.69) is 0 Å². The molecule has 0 unspecified atom stereocenters. The summed E-state index contributed by atoms with van der Waals surface area (Å²) in [7, 11) is 0. The van der Waals surface area contributed by atoms with Crippen molar-refractivity contribution in [3.63, 3.8) is 0 Å². The molecule has 1 N–H and O–H groups in total. The maximum absolute atomic E-state index is 13.4. The first kappa shape index (κ1) is 18.5. The highest BCUT2D eigenvalue weighted by atomic mass is 35.5. The summed E-state index contributed by atoms with van der Waals surface area (Å²) in [5.41, 5.74) is 2.16. The molecule has 28 heavy (non-hydrogen) atoms. The summed E-state index contributed by atoms with van der Waals surface area (Å²) in [6, 6.07) is 19.8. The number of halogens is 2. The first-order valence-corrected chi connectivity index (χ1v) is 9.39. The van der Waals surface area contributed by atoms with Crippen LogP contribution < -0.4 is 4.90 Å². The smallest absolute Gasteiger partial charge is 0.313 e. The van der Waals surface area contributed by atoms with Gasteiger partial charge in [0.25, 0.3) is 5.91 Å². The highest BCUT2D eigenvalue weighted by molar-refractivity contribution is 6.31. The quantitative estimate of drug-likeness (QED) is 0.613. The lowest BCUT2D eigenvalue weighted by molar-refractivity contribution is -0.139. The number of hydrogen-bond donors (Lipinski definition) is 1. The number of benzene rings is 3. The highest BCUT2D eigenvalue weighted by Crippen LogP contribution is 2.45. The molecule has 1 amide bonds. The molecule has 0 aliphatic carbocycles. The molecule has 1 heterocycles. The Morgan fingerprint density at radius 2 is 1.43 bits per heavy atom. The van der Waals surface area contributed by atoms with Gasteiger partial charge in [-0.2, -0.15) is 0 Å². The molecule has 0 radical (unpaired) electrons. The molecule has 4 nitrogen and oxygen atoms in total. The molecule has 0 aromatic heterocycles. The fraction of sp³-hybridized carbons (Fsp3) is 0.0909. The molecule has 0 fully saturated rings. The summed E-state index contributed by atoms with van der Waals surface area (Å²) >= 11 is 12.0. The first-order chi connectivity index (χ1) is 13.5. The number of anilines is 1. The fourth-order valence-corrected chi connectivity index (χ4v) is 3.94. The van der Waals surface area contributed by atoms with Gasteiger partial charge in [0.15, 0.2) is 0 Å². The second-order valence-corrected chi connectivity index (χ2v) is 7.42. The topological polar surface area (TPSA) is 57.6 Å². The van der Waals surface area contributed by atoms with Crippen LogP contribution in [0.15, 0.2) is 72.8 Å². The van der Waals surface area contributed by atoms with Crippen LogP contribution in [0.4, 0.5) is 5.69 Å². The zero-order valence-corrected chi connectivity index (χ0v) is 16.1. The zero-order valence-electron chi connectivity index (χ0n) is 14.5. The molecule has 1 aliphatic rings. The van der Waals surface area contributed by atoms with Gasteiger partial charge in [-0.3, -0.25) is 14.5 Å². The van der Waals surface area contributed by atoms with Crippen molar-refractivity contribution in [3.8, 4) is 0 Å². The maximum atomic E-state index is 13.4. The van der Waals surface area contributed by atoms with Crippen LogP contribution in [-0.4, -0.2) is 17.0 Å². The van der Waals surface area contributed by atoms with Crippen molar-refractivity contribution < 1.29 is 14.7 Å². The van der Waals surface area contributed by atoms with E-state index >= 15 is 0 Å². The number of amides is 1. The Bertz CT molecular complexity index is 1050. The van der Waals surface area contributed by atoms with Crippen LogP contribution in [0.2, 0.25) is 10.0 Å². The summed E-state index contributed by atoms with van der Waals surface area (Å²) in [5.74, 6) is -2.18. The Morgan fingerprint density at radius 3 is 2.04 bits per heavy atom. The number of carbonyl (C=O) groups is 2. The monoisotopic (exact) mass is 411 g/mol. The van der Waals surface area contributed by atoms with Crippen LogP contribution in [0.5, 0.6) is 0 Å². The standard InChI is InChI=1S/C22H15Cl2NO3/c23-14-7-5-13(6-8-14)20-19(22(27)28)17-3-1-2-4-18(17)21(26)25(20)16-11-9-15(24)10-12-16/h1-12,19-20H,(H,27,28)/t19-,20+/m0/s1. The van der Waals surface area contributed by atoms with Gasteiger partial charge in [-0.1, -0.05) is 53.5 Å². The first-order valence-electron chi connectivity index (χ1n) is 8.63. The number of carboxylic acids is 1. The van der Waals surface area contributed by atoms with E-state index in [0.717, 1.165) is 0 Å².